The van der Waals surface area contributed by atoms with Gasteiger partial charge in [0.25, 0.3) is 0 Å². The first-order valence-electron chi connectivity index (χ1n) is 10.5. The van der Waals surface area contributed by atoms with Crippen molar-refractivity contribution < 1.29 is 18.7 Å². The molecule has 0 saturated carbocycles. The van der Waals surface area contributed by atoms with E-state index in [1.165, 1.54) is 17.7 Å². The van der Waals surface area contributed by atoms with Crippen LogP contribution in [0, 0.1) is 5.82 Å². The Hall–Kier alpha value is -4.00. The smallest absolute Gasteiger partial charge is 0.322 e. The minimum atomic E-state index is -0.360. The Morgan fingerprint density at radius 2 is 1.84 bits per heavy atom. The lowest BCUT2D eigenvalue weighted by molar-refractivity contribution is 0.174. The molecule has 32 heavy (non-hydrogen) atoms. The fraction of sp³-hybridized carbons (Fsp3) is 0.160. The Kier molecular flexibility index (Phi) is 4.28. The molecule has 0 bridgehead atoms. The minimum absolute atomic E-state index is 0.175. The molecule has 4 aromatic rings. The Morgan fingerprint density at radius 3 is 2.72 bits per heavy atom. The number of carbonyl (C=O) groups excluding carboxylic acids is 1. The summed E-state index contributed by atoms with van der Waals surface area (Å²) >= 11 is 0. The summed E-state index contributed by atoms with van der Waals surface area (Å²) in [7, 11) is 0. The number of H-pyrrole nitrogens is 1. The number of rotatable bonds is 2. The van der Waals surface area contributed by atoms with Crippen molar-refractivity contribution in [3.63, 3.8) is 0 Å². The second kappa shape index (κ2) is 7.30. The summed E-state index contributed by atoms with van der Waals surface area (Å²) in [6.07, 6.45) is 0.728. The van der Waals surface area contributed by atoms with Crippen molar-refractivity contribution in [2.75, 3.05) is 18.7 Å². The topological polar surface area (TPSA) is 66.6 Å². The van der Waals surface area contributed by atoms with Gasteiger partial charge in [-0.3, -0.25) is 0 Å². The highest BCUT2D eigenvalue weighted by atomic mass is 19.1. The Balaban J connectivity index is 1.39. The summed E-state index contributed by atoms with van der Waals surface area (Å²) in [4.78, 5) is 18.7. The number of carbonyl (C=O) groups is 1. The number of hydrogen-bond donors (Lipinski definition) is 2. The zero-order chi connectivity index (χ0) is 21.7. The van der Waals surface area contributed by atoms with Crippen LogP contribution in [0.1, 0.15) is 22.9 Å². The highest BCUT2D eigenvalue weighted by Crippen LogP contribution is 2.39. The van der Waals surface area contributed by atoms with Crippen LogP contribution in [0.15, 0.2) is 66.7 Å². The molecular formula is C25H20FN3O3. The predicted octanol–water partition coefficient (Wildman–Crippen LogP) is 5.22. The van der Waals surface area contributed by atoms with Gasteiger partial charge in [-0.15, -0.1) is 0 Å². The van der Waals surface area contributed by atoms with E-state index in [1.54, 1.807) is 35.2 Å². The maximum atomic E-state index is 13.6. The number of anilines is 1. The quantitative estimate of drug-likeness (QED) is 0.459. The van der Waals surface area contributed by atoms with Crippen LogP contribution < -0.4 is 14.8 Å². The highest BCUT2D eigenvalue weighted by molar-refractivity contribution is 5.92. The van der Waals surface area contributed by atoms with Gasteiger partial charge in [-0.05, 0) is 47.9 Å². The molecular weight excluding hydrogens is 409 g/mol. The van der Waals surface area contributed by atoms with E-state index in [0.717, 1.165) is 28.6 Å². The van der Waals surface area contributed by atoms with E-state index in [-0.39, 0.29) is 24.7 Å². The number of hydrogen-bond acceptors (Lipinski definition) is 3. The van der Waals surface area contributed by atoms with Gasteiger partial charge in [-0.1, -0.05) is 30.3 Å². The molecule has 7 heteroatoms. The highest BCUT2D eigenvalue weighted by Gasteiger charge is 2.34. The molecule has 0 aliphatic carbocycles. The molecule has 3 aromatic carbocycles. The van der Waals surface area contributed by atoms with Gasteiger partial charge in [0.1, 0.15) is 5.82 Å². The van der Waals surface area contributed by atoms with Crippen molar-refractivity contribution in [1.82, 2.24) is 9.88 Å². The number of nitrogens with one attached hydrogen (secondary N) is 2. The van der Waals surface area contributed by atoms with Crippen molar-refractivity contribution in [1.29, 1.82) is 0 Å². The van der Waals surface area contributed by atoms with Crippen molar-refractivity contribution in [2.24, 2.45) is 0 Å². The van der Waals surface area contributed by atoms with Crippen molar-refractivity contribution in [2.45, 2.75) is 12.5 Å². The minimum Gasteiger partial charge on any atom is -0.454 e. The van der Waals surface area contributed by atoms with Gasteiger partial charge in [0, 0.05) is 34.9 Å². The standard InChI is InChI=1S/C25H20FN3O3/c26-16-7-5-15(6-8-16)24-23-19(18-3-1-2-4-20(18)28-23)11-12-29(24)25(30)27-17-9-10-21-22(13-17)32-14-31-21/h1-10,13,24,28H,11-12,14H2,(H,27,30)/t24-/m1/s1. The first kappa shape index (κ1) is 18.7. The molecule has 1 atom stereocenters. The van der Waals surface area contributed by atoms with Crippen LogP contribution in [0.3, 0.4) is 0 Å². The molecule has 2 amide bonds. The molecule has 160 valence electrons. The number of ether oxygens (including phenoxy) is 2. The van der Waals surface area contributed by atoms with Crippen molar-refractivity contribution in [3.05, 3.63) is 89.4 Å². The SMILES string of the molecule is O=C(Nc1ccc2c(c1)OCO2)N1CCc2c([nH]c3ccccc23)[C@H]1c1ccc(F)cc1. The molecule has 0 fully saturated rings. The zero-order valence-corrected chi connectivity index (χ0v) is 17.1. The summed E-state index contributed by atoms with van der Waals surface area (Å²) in [6.45, 7) is 0.710. The Bertz CT molecular complexity index is 1330. The van der Waals surface area contributed by atoms with E-state index >= 15 is 0 Å². The Labute approximate surface area is 183 Å². The van der Waals surface area contributed by atoms with Crippen LogP contribution in [0.25, 0.3) is 10.9 Å². The van der Waals surface area contributed by atoms with E-state index in [2.05, 4.69) is 16.4 Å². The van der Waals surface area contributed by atoms with Gasteiger partial charge in [-0.2, -0.15) is 0 Å². The van der Waals surface area contributed by atoms with E-state index in [0.29, 0.717) is 23.7 Å². The molecule has 0 saturated heterocycles. The molecule has 2 N–H and O–H groups in total. The van der Waals surface area contributed by atoms with Crippen LogP contribution in [0.2, 0.25) is 0 Å². The monoisotopic (exact) mass is 429 g/mol. The van der Waals surface area contributed by atoms with Gasteiger partial charge in [0.05, 0.1) is 6.04 Å². The number of benzene rings is 3. The molecule has 1 aromatic heterocycles. The van der Waals surface area contributed by atoms with E-state index in [4.69, 9.17) is 9.47 Å². The number of para-hydroxylation sites is 1. The van der Waals surface area contributed by atoms with Crippen LogP contribution in [-0.2, 0) is 6.42 Å². The fourth-order valence-electron chi connectivity index (χ4n) is 4.62. The summed E-state index contributed by atoms with van der Waals surface area (Å²) in [5, 5.41) is 4.14. The molecule has 6 nitrogen and oxygen atoms in total. The van der Waals surface area contributed by atoms with E-state index in [1.807, 2.05) is 18.2 Å². The molecule has 0 unspecified atom stereocenters. The molecule has 2 aliphatic rings. The summed E-state index contributed by atoms with van der Waals surface area (Å²) in [5.41, 5.74) is 4.66. The largest absolute Gasteiger partial charge is 0.454 e. The zero-order valence-electron chi connectivity index (χ0n) is 17.1. The number of aromatic amines is 1. The lowest BCUT2D eigenvalue weighted by Crippen LogP contribution is -2.43. The number of fused-ring (bicyclic) bond motifs is 4. The number of urea groups is 1. The fourth-order valence-corrected chi connectivity index (χ4v) is 4.62. The normalized spacial score (nSPS) is 16.8. The molecule has 6 rings (SSSR count). The van der Waals surface area contributed by atoms with E-state index in [9.17, 15) is 9.18 Å². The summed E-state index contributed by atoms with van der Waals surface area (Å²) in [5.74, 6) is 0.958. The van der Waals surface area contributed by atoms with Gasteiger partial charge in [0.2, 0.25) is 6.79 Å². The number of nitrogens with zero attached hydrogens (tertiary/aromatic N) is 1. The predicted molar refractivity (Wildman–Crippen MR) is 119 cm³/mol. The first-order valence-corrected chi connectivity index (χ1v) is 10.5. The van der Waals surface area contributed by atoms with Gasteiger partial charge >= 0.3 is 6.03 Å². The lowest BCUT2D eigenvalue weighted by Gasteiger charge is -2.36. The third-order valence-corrected chi connectivity index (χ3v) is 6.10. The number of halogens is 1. The summed E-state index contributed by atoms with van der Waals surface area (Å²) in [6, 6.07) is 19.2. The average Bonchev–Trinajstić information content (AvgIpc) is 3.43. The van der Waals surface area contributed by atoms with Crippen LogP contribution in [0.5, 0.6) is 11.5 Å². The maximum absolute atomic E-state index is 13.6. The third-order valence-electron chi connectivity index (χ3n) is 6.10. The second-order valence-electron chi connectivity index (χ2n) is 7.96. The molecule has 3 heterocycles. The van der Waals surface area contributed by atoms with Crippen molar-refractivity contribution >= 4 is 22.6 Å². The number of amides is 2. The van der Waals surface area contributed by atoms with Crippen LogP contribution in [0.4, 0.5) is 14.9 Å². The Morgan fingerprint density at radius 1 is 1.03 bits per heavy atom. The number of aromatic nitrogens is 1. The molecule has 0 radical (unpaired) electrons. The molecule has 0 spiro atoms. The first-order chi connectivity index (χ1) is 15.7. The maximum Gasteiger partial charge on any atom is 0.322 e. The second-order valence-corrected chi connectivity index (χ2v) is 7.96. The van der Waals surface area contributed by atoms with Crippen LogP contribution in [-0.4, -0.2) is 29.3 Å². The van der Waals surface area contributed by atoms with Gasteiger partial charge in [0.15, 0.2) is 11.5 Å². The van der Waals surface area contributed by atoms with E-state index < -0.39 is 0 Å². The lowest BCUT2D eigenvalue weighted by atomic mass is 9.92. The van der Waals surface area contributed by atoms with Crippen LogP contribution >= 0.6 is 0 Å². The third kappa shape index (κ3) is 3.05. The molecule has 2 aliphatic heterocycles. The average molecular weight is 429 g/mol. The van der Waals surface area contributed by atoms with Gasteiger partial charge < -0.3 is 24.7 Å². The summed E-state index contributed by atoms with van der Waals surface area (Å²) < 4.78 is 24.4. The van der Waals surface area contributed by atoms with Crippen molar-refractivity contribution in [3.8, 4) is 11.5 Å². The van der Waals surface area contributed by atoms with Gasteiger partial charge in [-0.25, -0.2) is 9.18 Å².